The highest BCUT2D eigenvalue weighted by atomic mass is 16.2. The van der Waals surface area contributed by atoms with Gasteiger partial charge in [0.15, 0.2) is 11.5 Å². The second-order valence-corrected chi connectivity index (χ2v) is 8.45. The summed E-state index contributed by atoms with van der Waals surface area (Å²) >= 11 is 0. The van der Waals surface area contributed by atoms with Gasteiger partial charge in [0, 0.05) is 49.3 Å². The number of aromatic nitrogens is 3. The van der Waals surface area contributed by atoms with Crippen LogP contribution in [-0.2, 0) is 16.0 Å². The number of fused-ring (bicyclic) bond motifs is 2. The third-order valence-electron chi connectivity index (χ3n) is 6.33. The van der Waals surface area contributed by atoms with Crippen LogP contribution in [0.1, 0.15) is 5.56 Å². The Bertz CT molecular complexity index is 1410. The fraction of sp³-hybridized carbons (Fsp3) is 0.200. The van der Waals surface area contributed by atoms with E-state index in [9.17, 15) is 9.59 Å². The molecule has 164 valence electrons. The van der Waals surface area contributed by atoms with Crippen LogP contribution in [0.2, 0.25) is 0 Å². The highest BCUT2D eigenvalue weighted by molar-refractivity contribution is 6.00. The maximum Gasteiger partial charge on any atom is 0.241 e. The van der Waals surface area contributed by atoms with Gasteiger partial charge in [-0.3, -0.25) is 14.0 Å². The molecule has 6 rings (SSSR count). The number of likely N-dealkylation sites (N-methyl/N-ethyl adjacent to an activating group) is 1. The van der Waals surface area contributed by atoms with Crippen molar-refractivity contribution in [2.75, 3.05) is 36.9 Å². The fourth-order valence-electron chi connectivity index (χ4n) is 4.58. The molecule has 0 radical (unpaired) electrons. The maximum atomic E-state index is 12.4. The molecule has 0 bridgehead atoms. The van der Waals surface area contributed by atoms with E-state index in [-0.39, 0.29) is 18.4 Å². The third kappa shape index (κ3) is 3.22. The number of amides is 2. The number of anilines is 2. The van der Waals surface area contributed by atoms with Crippen LogP contribution in [-0.4, -0.2) is 57.8 Å². The topological polar surface area (TPSA) is 82.8 Å². The zero-order valence-corrected chi connectivity index (χ0v) is 18.2. The monoisotopic (exact) mass is 438 g/mol. The molecule has 2 aliphatic heterocycles. The second-order valence-electron chi connectivity index (χ2n) is 8.45. The van der Waals surface area contributed by atoms with Gasteiger partial charge in [-0.1, -0.05) is 36.4 Å². The normalized spacial score (nSPS) is 15.8. The predicted molar refractivity (Wildman–Crippen MR) is 126 cm³/mol. The summed E-state index contributed by atoms with van der Waals surface area (Å²) in [4.78, 5) is 37.6. The molecule has 4 aromatic rings. The van der Waals surface area contributed by atoms with Gasteiger partial charge in [-0.25, -0.2) is 9.97 Å². The minimum absolute atomic E-state index is 0.00907. The van der Waals surface area contributed by atoms with Crippen molar-refractivity contribution in [1.29, 1.82) is 0 Å². The maximum absolute atomic E-state index is 12.4. The number of rotatable bonds is 3. The van der Waals surface area contributed by atoms with Crippen molar-refractivity contribution < 1.29 is 9.59 Å². The van der Waals surface area contributed by atoms with Crippen molar-refractivity contribution in [2.45, 2.75) is 6.42 Å². The van der Waals surface area contributed by atoms with Crippen molar-refractivity contribution in [1.82, 2.24) is 19.3 Å². The minimum atomic E-state index is 0.00907. The molecule has 8 heteroatoms. The van der Waals surface area contributed by atoms with Gasteiger partial charge < -0.3 is 15.1 Å². The van der Waals surface area contributed by atoms with Crippen LogP contribution in [0.3, 0.4) is 0 Å². The number of carbonyl (C=O) groups excluding carboxylic acids is 2. The molecule has 0 atom stereocenters. The highest BCUT2D eigenvalue weighted by Gasteiger charge is 2.27. The van der Waals surface area contributed by atoms with Crippen molar-refractivity contribution in [3.8, 4) is 22.5 Å². The standard InChI is InChI=1S/C25H22N6O2/c1-29-11-12-30(15-21(29)33)24-25-28-22(16-5-3-2-4-6-16)23(31(25)10-9-26-24)17-7-8-19-18(13-17)14-20(32)27-19/h2-10,13H,11-12,14-15H2,1H3,(H,27,32). The summed E-state index contributed by atoms with van der Waals surface area (Å²) in [7, 11) is 1.82. The second kappa shape index (κ2) is 7.44. The van der Waals surface area contributed by atoms with Crippen LogP contribution >= 0.6 is 0 Å². The number of nitrogens with zero attached hydrogens (tertiary/aromatic N) is 5. The number of hydrogen-bond donors (Lipinski definition) is 1. The van der Waals surface area contributed by atoms with Gasteiger partial charge in [-0.2, -0.15) is 0 Å². The summed E-state index contributed by atoms with van der Waals surface area (Å²) in [5, 5.41) is 2.90. The van der Waals surface area contributed by atoms with Gasteiger partial charge in [0.25, 0.3) is 0 Å². The quantitative estimate of drug-likeness (QED) is 0.532. The Morgan fingerprint density at radius 2 is 1.85 bits per heavy atom. The first-order valence-corrected chi connectivity index (χ1v) is 10.9. The SMILES string of the molecule is CN1CCN(c2nccn3c(-c4ccc5c(c4)CC(=O)N5)c(-c4ccccc4)nc23)CC1=O. The number of imidazole rings is 1. The Balaban J connectivity index is 1.56. The average molecular weight is 438 g/mol. The van der Waals surface area contributed by atoms with Crippen molar-refractivity contribution in [3.63, 3.8) is 0 Å². The molecular formula is C25H22N6O2. The molecule has 2 aromatic carbocycles. The first-order valence-electron chi connectivity index (χ1n) is 10.9. The van der Waals surface area contributed by atoms with Crippen LogP contribution < -0.4 is 10.2 Å². The molecule has 8 nitrogen and oxygen atoms in total. The van der Waals surface area contributed by atoms with Crippen molar-refractivity contribution >= 4 is 29.0 Å². The summed E-state index contributed by atoms with van der Waals surface area (Å²) in [6.07, 6.45) is 4.03. The van der Waals surface area contributed by atoms with E-state index in [1.807, 2.05) is 65.0 Å². The van der Waals surface area contributed by atoms with E-state index < -0.39 is 0 Å². The van der Waals surface area contributed by atoms with E-state index in [0.29, 0.717) is 31.0 Å². The van der Waals surface area contributed by atoms with Crippen LogP contribution in [0.25, 0.3) is 28.2 Å². The molecule has 2 aliphatic rings. The molecule has 4 heterocycles. The summed E-state index contributed by atoms with van der Waals surface area (Å²) in [6, 6.07) is 16.1. The first kappa shape index (κ1) is 19.5. The Kier molecular flexibility index (Phi) is 4.39. The molecule has 1 fully saturated rings. The molecule has 2 amide bonds. The molecule has 2 aromatic heterocycles. The van der Waals surface area contributed by atoms with Gasteiger partial charge in [0.1, 0.15) is 0 Å². The third-order valence-corrected chi connectivity index (χ3v) is 6.33. The summed E-state index contributed by atoms with van der Waals surface area (Å²) < 4.78 is 2.04. The van der Waals surface area contributed by atoms with Crippen LogP contribution in [0.15, 0.2) is 60.9 Å². The molecule has 0 unspecified atom stereocenters. The van der Waals surface area contributed by atoms with E-state index in [1.165, 1.54) is 0 Å². The van der Waals surface area contributed by atoms with E-state index in [4.69, 9.17) is 4.98 Å². The number of piperazine rings is 1. The van der Waals surface area contributed by atoms with Crippen molar-refractivity contribution in [2.24, 2.45) is 0 Å². The lowest BCUT2D eigenvalue weighted by Gasteiger charge is -2.32. The van der Waals surface area contributed by atoms with Crippen LogP contribution in [0, 0.1) is 0 Å². The Morgan fingerprint density at radius 1 is 1.00 bits per heavy atom. The van der Waals surface area contributed by atoms with Gasteiger partial charge in [0.2, 0.25) is 11.8 Å². The molecular weight excluding hydrogens is 416 g/mol. The van der Waals surface area contributed by atoms with Gasteiger partial charge in [-0.05, 0) is 17.7 Å². The van der Waals surface area contributed by atoms with E-state index in [0.717, 1.165) is 33.8 Å². The number of nitrogens with one attached hydrogen (secondary N) is 1. The molecule has 0 aliphatic carbocycles. The van der Waals surface area contributed by atoms with E-state index in [1.54, 1.807) is 11.1 Å². The van der Waals surface area contributed by atoms with Crippen LogP contribution in [0.4, 0.5) is 11.5 Å². The number of hydrogen-bond acceptors (Lipinski definition) is 5. The summed E-state index contributed by atoms with van der Waals surface area (Å²) in [5.74, 6) is 0.770. The van der Waals surface area contributed by atoms with Crippen LogP contribution in [0.5, 0.6) is 0 Å². The number of carbonyl (C=O) groups is 2. The Morgan fingerprint density at radius 3 is 2.67 bits per heavy atom. The van der Waals surface area contributed by atoms with E-state index in [2.05, 4.69) is 16.4 Å². The van der Waals surface area contributed by atoms with Gasteiger partial charge in [-0.15, -0.1) is 0 Å². The Hall–Kier alpha value is -4.20. The van der Waals surface area contributed by atoms with Gasteiger partial charge >= 0.3 is 0 Å². The molecule has 1 saturated heterocycles. The van der Waals surface area contributed by atoms with E-state index >= 15 is 0 Å². The Labute approximate surface area is 190 Å². The largest absolute Gasteiger partial charge is 0.342 e. The molecule has 0 spiro atoms. The number of benzene rings is 2. The average Bonchev–Trinajstić information content (AvgIpc) is 3.40. The highest BCUT2D eigenvalue weighted by Crippen LogP contribution is 2.37. The molecule has 1 N–H and O–H groups in total. The molecule has 33 heavy (non-hydrogen) atoms. The first-order chi connectivity index (χ1) is 16.1. The molecule has 0 saturated carbocycles. The predicted octanol–water partition coefficient (Wildman–Crippen LogP) is 2.84. The summed E-state index contributed by atoms with van der Waals surface area (Å²) in [6.45, 7) is 1.62. The minimum Gasteiger partial charge on any atom is -0.342 e. The fourth-order valence-corrected chi connectivity index (χ4v) is 4.58. The van der Waals surface area contributed by atoms with Crippen molar-refractivity contribution in [3.05, 3.63) is 66.5 Å². The zero-order chi connectivity index (χ0) is 22.5. The lowest BCUT2D eigenvalue weighted by atomic mass is 10.0. The van der Waals surface area contributed by atoms with Gasteiger partial charge in [0.05, 0.1) is 24.4 Å². The zero-order valence-electron chi connectivity index (χ0n) is 18.2. The smallest absolute Gasteiger partial charge is 0.241 e. The lowest BCUT2D eigenvalue weighted by Crippen LogP contribution is -2.49. The summed E-state index contributed by atoms with van der Waals surface area (Å²) in [5.41, 5.74) is 6.28. The lowest BCUT2D eigenvalue weighted by molar-refractivity contribution is -0.129.